The van der Waals surface area contributed by atoms with Crippen molar-refractivity contribution < 1.29 is 34.8 Å². The third-order valence-electron chi connectivity index (χ3n) is 13.3. The lowest BCUT2D eigenvalue weighted by atomic mass is 9.41. The van der Waals surface area contributed by atoms with E-state index in [4.69, 9.17) is 55.3 Å². The van der Waals surface area contributed by atoms with Crippen molar-refractivity contribution in [2.24, 2.45) is 34.5 Å². The summed E-state index contributed by atoms with van der Waals surface area (Å²) in [6, 6.07) is 0. The molecule has 0 aromatic rings. The molecule has 4 fully saturated rings. The number of Topliss-reactive ketones (excluding diaryl/α,β-unsaturated/α-hetero) is 1. The number of allylic oxidation sites excluding steroid dienone is 2. The third kappa shape index (κ3) is 5.01. The van der Waals surface area contributed by atoms with E-state index in [0.29, 0.717) is 44.1 Å². The van der Waals surface area contributed by atoms with Crippen LogP contribution in [-0.2, 0) is 14.3 Å². The van der Waals surface area contributed by atoms with Crippen molar-refractivity contribution >= 4 is 62.3 Å². The van der Waals surface area contributed by atoms with Gasteiger partial charge >= 0.3 is 5.97 Å². The maximum Gasteiger partial charge on any atom is 0.333 e. The van der Waals surface area contributed by atoms with Crippen LogP contribution in [0.4, 0.5) is 0 Å². The predicted octanol–water partition coefficient (Wildman–Crippen LogP) is 4.43. The van der Waals surface area contributed by atoms with Gasteiger partial charge in [0.25, 0.3) is 0 Å². The van der Waals surface area contributed by atoms with Crippen molar-refractivity contribution in [2.75, 3.05) is 13.2 Å². The Morgan fingerprint density at radius 3 is 2.22 bits per heavy atom. The molecule has 0 aromatic carbocycles. The molecule has 0 heterocycles. The number of fused-ring (bicyclic) bond motifs is 7. The summed E-state index contributed by atoms with van der Waals surface area (Å²) in [5.74, 6) is -1.80. The first kappa shape index (κ1) is 36.1. The van der Waals surface area contributed by atoms with Crippen molar-refractivity contribution in [1.82, 2.24) is 0 Å². The first-order chi connectivity index (χ1) is 20.8. The average Bonchev–Trinajstić information content (AvgIpc) is 2.96. The molecule has 5 aliphatic rings. The van der Waals surface area contributed by atoms with E-state index in [9.17, 15) is 30.0 Å². The zero-order valence-corrected chi connectivity index (χ0v) is 30.6. The van der Waals surface area contributed by atoms with Gasteiger partial charge in [-0.15, -0.1) is 0 Å². The molecule has 3 unspecified atom stereocenters. The number of hydrogen-bond acceptors (Lipinski definition) is 11. The normalized spacial score (nSPS) is 51.2. The van der Waals surface area contributed by atoms with Crippen molar-refractivity contribution in [2.45, 2.75) is 123 Å². The number of aliphatic hydroxyl groups is 4. The molecule has 0 saturated heterocycles. The van der Waals surface area contributed by atoms with Gasteiger partial charge < -0.3 is 30.0 Å². The van der Waals surface area contributed by atoms with Gasteiger partial charge in [0.05, 0.1) is 30.2 Å². The molecule has 13 atom stereocenters. The van der Waals surface area contributed by atoms with Gasteiger partial charge in [0.15, 0.2) is 0 Å². The zero-order chi connectivity index (χ0) is 33.5. The second kappa shape index (κ2) is 12.0. The number of carbonyl (C=O) groups is 2. The van der Waals surface area contributed by atoms with Crippen LogP contribution in [0, 0.1) is 34.5 Å². The van der Waals surface area contributed by atoms with Gasteiger partial charge in [-0.25, -0.2) is 4.79 Å². The van der Waals surface area contributed by atoms with Gasteiger partial charge in [-0.1, -0.05) is 24.6 Å². The van der Waals surface area contributed by atoms with E-state index < -0.39 is 72.5 Å². The largest absolute Gasteiger partial charge is 0.457 e. The maximum absolute atomic E-state index is 13.1. The smallest absolute Gasteiger partial charge is 0.333 e. The van der Waals surface area contributed by atoms with Crippen molar-refractivity contribution in [1.29, 1.82) is 0 Å². The van der Waals surface area contributed by atoms with Gasteiger partial charge in [0, 0.05) is 43.0 Å². The number of ketones is 1. The summed E-state index contributed by atoms with van der Waals surface area (Å²) in [7, 11) is 0. The molecular weight excluding hydrogens is 649 g/mol. The molecule has 5 aliphatic carbocycles. The molecule has 0 aliphatic heterocycles. The molecule has 0 aromatic heterocycles. The SMILES string of the molecule is C/C=C(/C)C(=O)O[C@H]1[C@H](CC(C)=O)[C@@]2(CO)C(C[C@]1(C)S)C1=CCC3[C@@]4(S)CC[C@H](O)[C@@](C)(CO)C4CC[C@@]3(S)[C@]1(S)C[C@H]2O. The van der Waals surface area contributed by atoms with Crippen LogP contribution in [0.15, 0.2) is 23.3 Å². The highest BCUT2D eigenvalue weighted by Gasteiger charge is 2.74. The Morgan fingerprint density at radius 1 is 0.978 bits per heavy atom. The summed E-state index contributed by atoms with van der Waals surface area (Å²) in [4.78, 5) is 25.9. The molecule has 0 bridgehead atoms. The van der Waals surface area contributed by atoms with Crippen LogP contribution in [0.25, 0.3) is 0 Å². The molecule has 4 N–H and O–H groups in total. The van der Waals surface area contributed by atoms with Gasteiger partial charge in [-0.2, -0.15) is 50.5 Å². The van der Waals surface area contributed by atoms with Crippen LogP contribution in [0.5, 0.6) is 0 Å². The van der Waals surface area contributed by atoms with E-state index in [2.05, 4.69) is 6.08 Å². The summed E-state index contributed by atoms with van der Waals surface area (Å²) in [6.45, 7) is 8.26. The van der Waals surface area contributed by atoms with E-state index in [1.807, 2.05) is 13.8 Å². The lowest BCUT2D eigenvalue weighted by Crippen LogP contribution is -2.74. The molecule has 0 radical (unpaired) electrons. The Hall–Kier alpha value is -0.140. The number of rotatable bonds is 6. The van der Waals surface area contributed by atoms with E-state index in [1.165, 1.54) is 6.92 Å². The quantitative estimate of drug-likeness (QED) is 0.0894. The highest BCUT2D eigenvalue weighted by atomic mass is 32.1. The number of hydrogen-bond donors (Lipinski definition) is 8. The van der Waals surface area contributed by atoms with Gasteiger partial charge in [0.2, 0.25) is 0 Å². The predicted molar refractivity (Wildman–Crippen MR) is 188 cm³/mol. The molecule has 45 heavy (non-hydrogen) atoms. The van der Waals surface area contributed by atoms with Crippen LogP contribution in [-0.4, -0.2) is 82.7 Å². The highest BCUT2D eigenvalue weighted by Crippen LogP contribution is 2.73. The van der Waals surface area contributed by atoms with Crippen LogP contribution < -0.4 is 0 Å². The minimum atomic E-state index is -1.17. The van der Waals surface area contributed by atoms with E-state index in [1.54, 1.807) is 19.9 Å². The fraction of sp³-hybridized carbons (Fsp3) is 0.824. The Kier molecular flexibility index (Phi) is 9.66. The Morgan fingerprint density at radius 2 is 1.64 bits per heavy atom. The maximum atomic E-state index is 13.1. The van der Waals surface area contributed by atoms with Crippen molar-refractivity contribution in [3.63, 3.8) is 0 Å². The first-order valence-corrected chi connectivity index (χ1v) is 18.1. The van der Waals surface area contributed by atoms with E-state index in [-0.39, 0.29) is 37.1 Å². The van der Waals surface area contributed by atoms with Crippen molar-refractivity contribution in [3.05, 3.63) is 23.3 Å². The summed E-state index contributed by atoms with van der Waals surface area (Å²) in [5.41, 5.74) is -0.425. The molecule has 0 amide bonds. The summed E-state index contributed by atoms with van der Waals surface area (Å²) >= 11 is 21.5. The zero-order valence-electron chi connectivity index (χ0n) is 27.1. The van der Waals surface area contributed by atoms with Gasteiger partial charge in [0.1, 0.15) is 11.9 Å². The van der Waals surface area contributed by atoms with Crippen LogP contribution in [0.1, 0.15) is 86.0 Å². The molecule has 7 nitrogen and oxygen atoms in total. The second-order valence-electron chi connectivity index (χ2n) is 15.4. The second-order valence-corrected chi connectivity index (χ2v) is 18.9. The molecule has 5 rings (SSSR count). The highest BCUT2D eigenvalue weighted by molar-refractivity contribution is 7.87. The Balaban J connectivity index is 1.63. The standard InChI is InChI=1S/C34H52O7S4/c1-6-18(2)28(40)41-27-21(13-19(3)37)31(17-36)22(14-30(27,5)42)20-7-8-24-32(43)11-10-25(38)29(4,16-35)23(32)9-12-33(24,44)34(20,45)15-26(31)39/h6-7,21-27,35-36,38-39,42-45H,8-17H2,1-5H3/b18-6-/t21-,22?,23?,24?,25-,26+,27-,29-,30-,31-,32+,33-,34-/m0/s1. The monoisotopic (exact) mass is 700 g/mol. The molecule has 4 saturated carbocycles. The summed E-state index contributed by atoms with van der Waals surface area (Å²) < 4.78 is 3.15. The molecule has 0 spiro atoms. The third-order valence-corrected chi connectivity index (χ3v) is 16.5. The summed E-state index contributed by atoms with van der Waals surface area (Å²) in [5, 5.41) is 45.1. The molecule has 254 valence electrons. The molecular formula is C34H52O7S4. The van der Waals surface area contributed by atoms with Crippen LogP contribution in [0.3, 0.4) is 0 Å². The fourth-order valence-corrected chi connectivity index (χ4v) is 13.4. The Labute approximate surface area is 290 Å². The minimum absolute atomic E-state index is 0.0160. The number of ether oxygens (including phenoxy) is 1. The van der Waals surface area contributed by atoms with E-state index >= 15 is 0 Å². The number of thiol groups is 4. The fourth-order valence-electron chi connectivity index (χ4n) is 10.6. The lowest BCUT2D eigenvalue weighted by molar-refractivity contribution is -0.195. The van der Waals surface area contributed by atoms with Crippen molar-refractivity contribution in [3.8, 4) is 0 Å². The lowest BCUT2D eigenvalue weighted by Gasteiger charge is -2.71. The van der Waals surface area contributed by atoms with Crippen LogP contribution >= 0.6 is 50.5 Å². The average molecular weight is 701 g/mol. The first-order valence-electron chi connectivity index (χ1n) is 16.3. The molecule has 11 heteroatoms. The number of aliphatic hydroxyl groups excluding tert-OH is 4. The van der Waals surface area contributed by atoms with E-state index in [0.717, 1.165) is 5.57 Å². The topological polar surface area (TPSA) is 124 Å². The number of carbonyl (C=O) groups excluding carboxylic acids is 2. The Bertz CT molecular complexity index is 1290. The minimum Gasteiger partial charge on any atom is -0.457 e. The van der Waals surface area contributed by atoms with Crippen LogP contribution in [0.2, 0.25) is 0 Å². The summed E-state index contributed by atoms with van der Waals surface area (Å²) in [6.07, 6.45) is 5.16. The number of esters is 1. The van der Waals surface area contributed by atoms with Gasteiger partial charge in [-0.05, 0) is 90.4 Å². The van der Waals surface area contributed by atoms with Gasteiger partial charge in [-0.3, -0.25) is 0 Å².